The summed E-state index contributed by atoms with van der Waals surface area (Å²) in [6.45, 7) is -0.283. The molecule has 4 N–H and O–H groups in total. The summed E-state index contributed by atoms with van der Waals surface area (Å²) in [7, 11) is 0. The molecule has 0 atom stereocenters. The van der Waals surface area contributed by atoms with Crippen LogP contribution in [0.25, 0.3) is 0 Å². The Labute approximate surface area is 196 Å². The molecule has 0 radical (unpaired) electrons. The van der Waals surface area contributed by atoms with E-state index in [1.807, 2.05) is 0 Å². The van der Waals surface area contributed by atoms with Crippen molar-refractivity contribution in [2.24, 2.45) is 0 Å². The molecular formula is C22H18ClF3N4O4. The van der Waals surface area contributed by atoms with Crippen molar-refractivity contribution in [2.75, 3.05) is 22.6 Å². The van der Waals surface area contributed by atoms with Crippen LogP contribution in [0.15, 0.2) is 60.8 Å². The number of nitrogens with zero attached hydrogens (tertiary/aromatic N) is 1. The van der Waals surface area contributed by atoms with E-state index in [9.17, 15) is 22.8 Å². The van der Waals surface area contributed by atoms with E-state index in [0.29, 0.717) is 17.2 Å². The van der Waals surface area contributed by atoms with Gasteiger partial charge in [0.15, 0.2) is 0 Å². The number of carbonyl (C=O) groups excluding carboxylic acids is 2. The number of aromatic nitrogens is 1. The van der Waals surface area contributed by atoms with Gasteiger partial charge in [-0.15, -0.1) is 0 Å². The average molecular weight is 495 g/mol. The van der Waals surface area contributed by atoms with Crippen molar-refractivity contribution in [2.45, 2.75) is 12.6 Å². The number of halogens is 4. The third-order valence-corrected chi connectivity index (χ3v) is 4.54. The van der Waals surface area contributed by atoms with E-state index in [0.717, 1.165) is 12.1 Å². The molecule has 34 heavy (non-hydrogen) atoms. The van der Waals surface area contributed by atoms with Gasteiger partial charge >= 0.3 is 12.2 Å². The van der Waals surface area contributed by atoms with Gasteiger partial charge in [-0.25, -0.2) is 9.78 Å². The SMILES string of the molecule is O=C(CCO)Nc1cc(Oc2ccc(NC(=O)Nc3ccc(Cl)c(C(F)(F)F)c3)cc2)ccn1. The van der Waals surface area contributed by atoms with Crippen LogP contribution >= 0.6 is 11.6 Å². The van der Waals surface area contributed by atoms with Gasteiger partial charge in [0.25, 0.3) is 0 Å². The van der Waals surface area contributed by atoms with Gasteiger partial charge in [-0.3, -0.25) is 4.79 Å². The van der Waals surface area contributed by atoms with Crippen molar-refractivity contribution in [1.82, 2.24) is 4.98 Å². The first-order valence-corrected chi connectivity index (χ1v) is 10.1. The molecular weight excluding hydrogens is 477 g/mol. The minimum absolute atomic E-state index is 0.0592. The van der Waals surface area contributed by atoms with Gasteiger partial charge < -0.3 is 25.8 Å². The van der Waals surface area contributed by atoms with E-state index < -0.39 is 28.7 Å². The third-order valence-electron chi connectivity index (χ3n) is 4.22. The molecule has 12 heteroatoms. The number of amides is 3. The number of nitrogens with one attached hydrogen (secondary N) is 3. The van der Waals surface area contributed by atoms with Gasteiger partial charge in [-0.2, -0.15) is 13.2 Å². The molecule has 3 aromatic rings. The van der Waals surface area contributed by atoms with E-state index in [1.54, 1.807) is 18.2 Å². The quantitative estimate of drug-likeness (QED) is 0.346. The lowest BCUT2D eigenvalue weighted by Crippen LogP contribution is -2.19. The Morgan fingerprint density at radius 2 is 1.62 bits per heavy atom. The topological polar surface area (TPSA) is 113 Å². The lowest BCUT2D eigenvalue weighted by Gasteiger charge is -2.12. The van der Waals surface area contributed by atoms with Crippen molar-refractivity contribution < 1.29 is 32.6 Å². The molecule has 0 saturated carbocycles. The van der Waals surface area contributed by atoms with E-state index >= 15 is 0 Å². The summed E-state index contributed by atoms with van der Waals surface area (Å²) in [5.74, 6) is 0.657. The standard InChI is InChI=1S/C22H18ClF3N4O4/c23-18-6-3-14(11-17(18)22(24,25)26)29-21(33)28-13-1-4-15(5-2-13)34-16-7-9-27-19(12-16)30-20(32)8-10-31/h1-7,9,11-12,31H,8,10H2,(H,27,30,32)(H2,28,29,33). The maximum atomic E-state index is 13.0. The number of carbonyl (C=O) groups is 2. The molecule has 0 aliphatic rings. The smallest absolute Gasteiger partial charge is 0.417 e. The highest BCUT2D eigenvalue weighted by molar-refractivity contribution is 6.31. The maximum absolute atomic E-state index is 13.0. The summed E-state index contributed by atoms with van der Waals surface area (Å²) in [5, 5.41) is 15.7. The first kappa shape index (κ1) is 24.8. The predicted octanol–water partition coefficient (Wildman–Crippen LogP) is 5.51. The highest BCUT2D eigenvalue weighted by Crippen LogP contribution is 2.36. The van der Waals surface area contributed by atoms with Crippen molar-refractivity contribution in [3.8, 4) is 11.5 Å². The van der Waals surface area contributed by atoms with Gasteiger partial charge in [0.1, 0.15) is 17.3 Å². The molecule has 1 aromatic heterocycles. The number of pyridine rings is 1. The molecule has 0 fully saturated rings. The summed E-state index contributed by atoms with van der Waals surface area (Å²) in [6, 6.07) is 11.5. The van der Waals surface area contributed by atoms with Crippen molar-refractivity contribution in [3.63, 3.8) is 0 Å². The zero-order valence-corrected chi connectivity index (χ0v) is 18.1. The number of hydrogen-bond acceptors (Lipinski definition) is 5. The van der Waals surface area contributed by atoms with Crippen LogP contribution in [-0.4, -0.2) is 28.6 Å². The van der Waals surface area contributed by atoms with Crippen molar-refractivity contribution >= 4 is 40.7 Å². The second-order valence-electron chi connectivity index (χ2n) is 6.80. The lowest BCUT2D eigenvalue weighted by atomic mass is 10.2. The molecule has 0 saturated heterocycles. The monoisotopic (exact) mass is 494 g/mol. The van der Waals surface area contributed by atoms with Crippen LogP contribution in [0.4, 0.5) is 35.2 Å². The Kier molecular flexibility index (Phi) is 7.92. The fourth-order valence-electron chi connectivity index (χ4n) is 2.71. The molecule has 2 aromatic carbocycles. The van der Waals surface area contributed by atoms with E-state index in [-0.39, 0.29) is 24.5 Å². The Morgan fingerprint density at radius 3 is 2.29 bits per heavy atom. The van der Waals surface area contributed by atoms with Crippen LogP contribution in [0.3, 0.4) is 0 Å². The number of ether oxygens (including phenoxy) is 1. The van der Waals surface area contributed by atoms with Crippen LogP contribution in [0, 0.1) is 0 Å². The number of benzene rings is 2. The van der Waals surface area contributed by atoms with E-state index in [2.05, 4.69) is 20.9 Å². The van der Waals surface area contributed by atoms with Crippen LogP contribution in [0.1, 0.15) is 12.0 Å². The molecule has 0 bridgehead atoms. The van der Waals surface area contributed by atoms with Crippen LogP contribution < -0.4 is 20.7 Å². The predicted molar refractivity (Wildman–Crippen MR) is 120 cm³/mol. The molecule has 178 valence electrons. The number of hydrogen-bond donors (Lipinski definition) is 4. The highest BCUT2D eigenvalue weighted by atomic mass is 35.5. The summed E-state index contributed by atoms with van der Waals surface area (Å²) in [4.78, 5) is 27.7. The number of anilines is 3. The number of aliphatic hydroxyl groups is 1. The van der Waals surface area contributed by atoms with E-state index in [1.165, 1.54) is 30.5 Å². The van der Waals surface area contributed by atoms with Crippen LogP contribution in [-0.2, 0) is 11.0 Å². The maximum Gasteiger partial charge on any atom is 0.417 e. The number of aliphatic hydroxyl groups excluding tert-OH is 1. The minimum Gasteiger partial charge on any atom is -0.457 e. The summed E-state index contributed by atoms with van der Waals surface area (Å²) in [5.41, 5.74) is -0.768. The second kappa shape index (κ2) is 10.9. The summed E-state index contributed by atoms with van der Waals surface area (Å²) in [6.07, 6.45) is -3.27. The third kappa shape index (κ3) is 7.09. The first-order chi connectivity index (χ1) is 16.1. The first-order valence-electron chi connectivity index (χ1n) is 9.73. The van der Waals surface area contributed by atoms with Gasteiger partial charge in [0.2, 0.25) is 5.91 Å². The summed E-state index contributed by atoms with van der Waals surface area (Å²) < 4.78 is 44.6. The zero-order chi connectivity index (χ0) is 24.7. The molecule has 8 nitrogen and oxygen atoms in total. The number of urea groups is 1. The fourth-order valence-corrected chi connectivity index (χ4v) is 2.93. The molecule has 1 heterocycles. The van der Waals surface area contributed by atoms with Gasteiger partial charge in [-0.05, 0) is 48.5 Å². The van der Waals surface area contributed by atoms with Crippen molar-refractivity contribution in [1.29, 1.82) is 0 Å². The molecule has 0 unspecified atom stereocenters. The number of rotatable bonds is 7. The summed E-state index contributed by atoms with van der Waals surface area (Å²) >= 11 is 5.57. The molecule has 3 amide bonds. The zero-order valence-electron chi connectivity index (χ0n) is 17.3. The van der Waals surface area contributed by atoms with E-state index in [4.69, 9.17) is 21.4 Å². The van der Waals surface area contributed by atoms with Gasteiger partial charge in [-0.1, -0.05) is 11.6 Å². The molecule has 0 aliphatic carbocycles. The normalized spacial score (nSPS) is 11.0. The van der Waals surface area contributed by atoms with Gasteiger partial charge in [0.05, 0.1) is 23.6 Å². The fraction of sp³-hybridized carbons (Fsp3) is 0.136. The Balaban J connectivity index is 1.59. The Bertz CT molecular complexity index is 1170. The second-order valence-corrected chi connectivity index (χ2v) is 7.20. The lowest BCUT2D eigenvalue weighted by molar-refractivity contribution is -0.137. The van der Waals surface area contributed by atoms with Crippen LogP contribution in [0.2, 0.25) is 5.02 Å². The molecule has 0 aliphatic heterocycles. The number of alkyl halides is 3. The van der Waals surface area contributed by atoms with Gasteiger partial charge in [0, 0.05) is 23.6 Å². The minimum atomic E-state index is -4.65. The Hall–Kier alpha value is -3.83. The molecule has 3 rings (SSSR count). The molecule has 0 spiro atoms. The van der Waals surface area contributed by atoms with Crippen LogP contribution in [0.5, 0.6) is 11.5 Å². The largest absolute Gasteiger partial charge is 0.457 e. The highest BCUT2D eigenvalue weighted by Gasteiger charge is 2.33. The van der Waals surface area contributed by atoms with Crippen molar-refractivity contribution in [3.05, 3.63) is 71.4 Å². The average Bonchev–Trinajstić information content (AvgIpc) is 2.76. The Morgan fingerprint density at radius 1 is 0.941 bits per heavy atom.